The van der Waals surface area contributed by atoms with Crippen LogP contribution >= 0.6 is 0 Å². The highest BCUT2D eigenvalue weighted by Crippen LogP contribution is 2.53. The van der Waals surface area contributed by atoms with Crippen molar-refractivity contribution >= 4 is 32.8 Å². The predicted molar refractivity (Wildman–Crippen MR) is 170 cm³/mol. The Kier molecular flexibility index (Phi) is 4.64. The van der Waals surface area contributed by atoms with Crippen molar-refractivity contribution < 1.29 is 4.42 Å². The number of para-hydroxylation sites is 2. The molecule has 41 heavy (non-hydrogen) atoms. The Hall–Kier alpha value is -5.47. The van der Waals surface area contributed by atoms with Crippen molar-refractivity contribution in [2.75, 3.05) is 0 Å². The average Bonchev–Trinajstić information content (AvgIpc) is 3.42. The number of aromatic nitrogens is 1. The summed E-state index contributed by atoms with van der Waals surface area (Å²) in [7, 11) is 0. The number of furan rings is 1. The first-order valence-electron chi connectivity index (χ1n) is 14.0. The van der Waals surface area contributed by atoms with E-state index >= 15 is 0 Å². The van der Waals surface area contributed by atoms with Gasteiger partial charge in [0.25, 0.3) is 0 Å². The Morgan fingerprint density at radius 3 is 1.68 bits per heavy atom. The molecule has 0 bridgehead atoms. The molecule has 0 N–H and O–H groups in total. The maximum absolute atomic E-state index is 6.57. The molecule has 6 aromatic carbocycles. The zero-order chi connectivity index (χ0) is 26.9. The van der Waals surface area contributed by atoms with Crippen LogP contribution in [0.25, 0.3) is 88.5 Å². The van der Waals surface area contributed by atoms with E-state index in [2.05, 4.69) is 121 Å². The molecule has 0 spiro atoms. The first-order valence-corrected chi connectivity index (χ1v) is 14.0. The molecule has 1 aliphatic carbocycles. The number of fused-ring (bicyclic) bond motifs is 13. The molecule has 0 fully saturated rings. The van der Waals surface area contributed by atoms with Crippen LogP contribution in [-0.4, -0.2) is 4.98 Å². The van der Waals surface area contributed by atoms with Crippen LogP contribution in [0, 0.1) is 0 Å². The van der Waals surface area contributed by atoms with Crippen molar-refractivity contribution in [2.45, 2.75) is 0 Å². The Morgan fingerprint density at radius 2 is 0.902 bits per heavy atom. The number of rotatable bonds is 1. The minimum atomic E-state index is 0.906. The molecule has 0 saturated carbocycles. The zero-order valence-corrected chi connectivity index (χ0v) is 22.1. The van der Waals surface area contributed by atoms with Crippen molar-refractivity contribution in [2.24, 2.45) is 0 Å². The van der Waals surface area contributed by atoms with Crippen LogP contribution < -0.4 is 0 Å². The second kappa shape index (κ2) is 8.51. The first-order chi connectivity index (χ1) is 20.4. The Balaban J connectivity index is 1.50. The van der Waals surface area contributed by atoms with Crippen LogP contribution in [0.1, 0.15) is 0 Å². The van der Waals surface area contributed by atoms with Crippen LogP contribution in [0.3, 0.4) is 0 Å². The molecule has 0 amide bonds. The molecular formula is C39H23NO. The van der Waals surface area contributed by atoms with Gasteiger partial charge in [0.05, 0.1) is 5.52 Å². The molecule has 0 radical (unpaired) electrons. The highest BCUT2D eigenvalue weighted by molar-refractivity contribution is 6.17. The van der Waals surface area contributed by atoms with E-state index in [1.54, 1.807) is 0 Å². The lowest BCUT2D eigenvalue weighted by atomic mass is 9.77. The molecule has 190 valence electrons. The van der Waals surface area contributed by atoms with E-state index in [-0.39, 0.29) is 0 Å². The van der Waals surface area contributed by atoms with Crippen molar-refractivity contribution in [1.29, 1.82) is 0 Å². The van der Waals surface area contributed by atoms with E-state index in [9.17, 15) is 0 Å². The Labute approximate surface area is 237 Å². The van der Waals surface area contributed by atoms with Crippen molar-refractivity contribution in [3.63, 3.8) is 0 Å². The van der Waals surface area contributed by atoms with E-state index in [0.29, 0.717) is 0 Å². The summed E-state index contributed by atoms with van der Waals surface area (Å²) >= 11 is 0. The van der Waals surface area contributed by atoms with E-state index in [1.165, 1.54) is 44.5 Å². The lowest BCUT2D eigenvalue weighted by Crippen LogP contribution is -2.00. The van der Waals surface area contributed by atoms with Gasteiger partial charge in [0.15, 0.2) is 0 Å². The van der Waals surface area contributed by atoms with E-state index in [1.807, 2.05) is 18.3 Å². The normalized spacial score (nSPS) is 11.9. The average molecular weight is 522 g/mol. The molecule has 0 atom stereocenters. The lowest BCUT2D eigenvalue weighted by Gasteiger charge is -2.26. The van der Waals surface area contributed by atoms with E-state index in [0.717, 1.165) is 44.0 Å². The first kappa shape index (κ1) is 22.4. The third-order valence-electron chi connectivity index (χ3n) is 8.52. The van der Waals surface area contributed by atoms with Gasteiger partial charge in [0.1, 0.15) is 11.2 Å². The number of nitrogens with zero attached hydrogens (tertiary/aromatic N) is 1. The van der Waals surface area contributed by atoms with Gasteiger partial charge in [-0.25, -0.2) is 0 Å². The minimum Gasteiger partial charge on any atom is -0.455 e. The summed E-state index contributed by atoms with van der Waals surface area (Å²) in [5, 5.41) is 3.41. The topological polar surface area (TPSA) is 26.0 Å². The number of pyridine rings is 1. The van der Waals surface area contributed by atoms with Gasteiger partial charge in [0, 0.05) is 33.5 Å². The highest BCUT2D eigenvalue weighted by Gasteiger charge is 2.26. The molecule has 8 aromatic rings. The summed E-state index contributed by atoms with van der Waals surface area (Å²) in [6.45, 7) is 0. The van der Waals surface area contributed by atoms with Crippen LogP contribution in [0.2, 0.25) is 0 Å². The smallest absolute Gasteiger partial charge is 0.143 e. The fourth-order valence-corrected chi connectivity index (χ4v) is 6.78. The van der Waals surface area contributed by atoms with Gasteiger partial charge >= 0.3 is 0 Å². The van der Waals surface area contributed by atoms with Crippen molar-refractivity contribution in [3.05, 3.63) is 140 Å². The largest absolute Gasteiger partial charge is 0.455 e. The van der Waals surface area contributed by atoms with Gasteiger partial charge in [-0.3, -0.25) is 4.98 Å². The van der Waals surface area contributed by atoms with Gasteiger partial charge < -0.3 is 4.42 Å². The SMILES string of the molecule is c1ccc2c(c1)-c1ccccc1-c1ccc3ncccc3c1-c1c-2cccc1-c1cccc2c1oc1ccccc12. The zero-order valence-electron chi connectivity index (χ0n) is 22.1. The summed E-state index contributed by atoms with van der Waals surface area (Å²) in [4.78, 5) is 4.78. The maximum atomic E-state index is 6.57. The Bertz CT molecular complexity index is 2320. The van der Waals surface area contributed by atoms with Gasteiger partial charge in [-0.15, -0.1) is 0 Å². The molecule has 0 unspecified atom stereocenters. The van der Waals surface area contributed by atoms with E-state index < -0.39 is 0 Å². The van der Waals surface area contributed by atoms with Crippen LogP contribution in [0.5, 0.6) is 0 Å². The van der Waals surface area contributed by atoms with Crippen LogP contribution in [0.4, 0.5) is 0 Å². The fraction of sp³-hybridized carbons (Fsp3) is 0. The quantitative estimate of drug-likeness (QED) is 0.215. The third kappa shape index (κ3) is 3.16. The molecule has 0 saturated heterocycles. The molecule has 2 heteroatoms. The number of hydrogen-bond acceptors (Lipinski definition) is 2. The summed E-state index contributed by atoms with van der Waals surface area (Å²) in [5.41, 5.74) is 14.8. The number of hydrogen-bond donors (Lipinski definition) is 0. The molecule has 9 rings (SSSR count). The summed E-state index contributed by atoms with van der Waals surface area (Å²) < 4.78 is 6.57. The fourth-order valence-electron chi connectivity index (χ4n) is 6.78. The maximum Gasteiger partial charge on any atom is 0.143 e. The van der Waals surface area contributed by atoms with Gasteiger partial charge in [-0.05, 0) is 62.7 Å². The Morgan fingerprint density at radius 1 is 0.366 bits per heavy atom. The summed E-state index contributed by atoms with van der Waals surface area (Å²) in [6, 6.07) is 47.7. The van der Waals surface area contributed by atoms with Crippen LogP contribution in [-0.2, 0) is 0 Å². The monoisotopic (exact) mass is 521 g/mol. The highest BCUT2D eigenvalue weighted by atomic mass is 16.3. The van der Waals surface area contributed by atoms with Crippen LogP contribution in [0.15, 0.2) is 144 Å². The molecule has 2 nitrogen and oxygen atoms in total. The third-order valence-corrected chi connectivity index (χ3v) is 8.52. The molecule has 2 heterocycles. The number of benzene rings is 6. The van der Waals surface area contributed by atoms with E-state index in [4.69, 9.17) is 9.40 Å². The lowest BCUT2D eigenvalue weighted by molar-refractivity contribution is 0.670. The van der Waals surface area contributed by atoms with Gasteiger partial charge in [-0.1, -0.05) is 115 Å². The summed E-state index contributed by atoms with van der Waals surface area (Å²) in [5.74, 6) is 0. The van der Waals surface area contributed by atoms with Gasteiger partial charge in [0.2, 0.25) is 0 Å². The second-order valence-corrected chi connectivity index (χ2v) is 10.7. The molecule has 0 aliphatic heterocycles. The van der Waals surface area contributed by atoms with Gasteiger partial charge in [-0.2, -0.15) is 0 Å². The summed E-state index contributed by atoms with van der Waals surface area (Å²) in [6.07, 6.45) is 1.88. The molecular weight excluding hydrogens is 498 g/mol. The predicted octanol–water partition coefficient (Wildman–Crippen LogP) is 10.8. The standard InChI is InChI=1S/C39H23NO/c1-3-12-26-24(10-1)25-11-2-4-13-27(25)31-21-22-35-34(19-9-23-40-35)38(31)37-29(26)15-7-16-30(37)33-18-8-17-32-28-14-5-6-20-36(28)41-39(32)33/h1-23H. The molecule has 2 aromatic heterocycles. The minimum absolute atomic E-state index is 0.906. The second-order valence-electron chi connectivity index (χ2n) is 10.7. The van der Waals surface area contributed by atoms with Crippen molar-refractivity contribution in [3.8, 4) is 55.6 Å². The molecule has 1 aliphatic rings. The van der Waals surface area contributed by atoms with Crippen molar-refractivity contribution in [1.82, 2.24) is 4.98 Å².